The lowest BCUT2D eigenvalue weighted by atomic mass is 9.65. The maximum absolute atomic E-state index is 13.5. The van der Waals surface area contributed by atoms with Gasteiger partial charge in [-0.3, -0.25) is 4.79 Å². The molecule has 0 bridgehead atoms. The molecule has 148 valence electrons. The van der Waals surface area contributed by atoms with E-state index in [0.29, 0.717) is 6.42 Å². The minimum atomic E-state index is -0.293. The number of rotatable bonds is 3. The Kier molecular flexibility index (Phi) is 4.82. The van der Waals surface area contributed by atoms with Gasteiger partial charge in [0.2, 0.25) is 5.91 Å². The molecule has 0 saturated heterocycles. The molecule has 1 heterocycles. The quantitative estimate of drug-likeness (QED) is 0.538. The predicted molar refractivity (Wildman–Crippen MR) is 120 cm³/mol. The molecule has 3 aromatic carbocycles. The van der Waals surface area contributed by atoms with Gasteiger partial charge < -0.3 is 4.90 Å². The lowest BCUT2D eigenvalue weighted by molar-refractivity contribution is -0.119. The predicted octanol–water partition coefficient (Wildman–Crippen LogP) is 6.06. The van der Waals surface area contributed by atoms with Crippen LogP contribution in [0.3, 0.4) is 0 Å². The molecular formula is C27H29NO. The van der Waals surface area contributed by atoms with Crippen molar-refractivity contribution in [3.63, 3.8) is 0 Å². The number of hydrogen-bond acceptors (Lipinski definition) is 1. The third kappa shape index (κ3) is 3.48. The van der Waals surface area contributed by atoms with Gasteiger partial charge >= 0.3 is 0 Å². The van der Waals surface area contributed by atoms with E-state index in [4.69, 9.17) is 0 Å². The summed E-state index contributed by atoms with van der Waals surface area (Å²) in [6, 6.07) is 27.2. The van der Waals surface area contributed by atoms with Gasteiger partial charge in [0, 0.05) is 16.6 Å². The molecule has 0 radical (unpaired) electrons. The molecule has 0 saturated carbocycles. The standard InChI is InChI=1S/C27H29NO/c1-20-15-16-24-23(17-20)27(4,22-13-9-6-10-14-22)19-26(2,3)28(24)25(29)18-21-11-7-5-8-12-21/h5-17H,18-19H2,1-4H3/t27-/m1/s1. The van der Waals surface area contributed by atoms with Crippen LogP contribution in [0.25, 0.3) is 0 Å². The molecule has 0 aliphatic carbocycles. The highest BCUT2D eigenvalue weighted by Crippen LogP contribution is 2.50. The number of aryl methyl sites for hydroxylation is 1. The van der Waals surface area contributed by atoms with Crippen LogP contribution < -0.4 is 4.90 Å². The molecule has 3 aromatic rings. The van der Waals surface area contributed by atoms with Gasteiger partial charge in [-0.25, -0.2) is 0 Å². The molecule has 1 amide bonds. The summed E-state index contributed by atoms with van der Waals surface area (Å²) in [6.45, 7) is 8.84. The summed E-state index contributed by atoms with van der Waals surface area (Å²) in [5, 5.41) is 0. The van der Waals surface area contributed by atoms with E-state index in [2.05, 4.69) is 76.2 Å². The summed E-state index contributed by atoms with van der Waals surface area (Å²) in [5.74, 6) is 0.154. The van der Waals surface area contributed by atoms with Gasteiger partial charge in [0.1, 0.15) is 0 Å². The van der Waals surface area contributed by atoms with E-state index in [1.54, 1.807) is 0 Å². The van der Waals surface area contributed by atoms with Crippen LogP contribution in [0.4, 0.5) is 5.69 Å². The van der Waals surface area contributed by atoms with Crippen LogP contribution in [0, 0.1) is 6.92 Å². The summed E-state index contributed by atoms with van der Waals surface area (Å²) in [5.41, 5.74) is 5.42. The van der Waals surface area contributed by atoms with E-state index in [9.17, 15) is 4.79 Å². The number of amides is 1. The Morgan fingerprint density at radius 1 is 0.897 bits per heavy atom. The second-order valence-corrected chi connectivity index (χ2v) is 9.10. The second kappa shape index (κ2) is 7.18. The fourth-order valence-electron chi connectivity index (χ4n) is 5.04. The van der Waals surface area contributed by atoms with Crippen molar-refractivity contribution in [2.24, 2.45) is 0 Å². The maximum Gasteiger partial charge on any atom is 0.231 e. The average molecular weight is 384 g/mol. The largest absolute Gasteiger partial charge is 0.306 e. The molecule has 0 fully saturated rings. The van der Waals surface area contributed by atoms with Crippen molar-refractivity contribution in [3.05, 3.63) is 101 Å². The first kappa shape index (κ1) is 19.4. The fourth-order valence-corrected chi connectivity index (χ4v) is 5.04. The molecule has 0 unspecified atom stereocenters. The first-order valence-corrected chi connectivity index (χ1v) is 10.3. The monoisotopic (exact) mass is 383 g/mol. The molecule has 1 atom stereocenters. The Bertz CT molecular complexity index is 1020. The number of anilines is 1. The van der Waals surface area contributed by atoms with Gasteiger partial charge in [-0.15, -0.1) is 0 Å². The van der Waals surface area contributed by atoms with Gasteiger partial charge in [0.05, 0.1) is 6.42 Å². The lowest BCUT2D eigenvalue weighted by Crippen LogP contribution is -2.56. The van der Waals surface area contributed by atoms with E-state index in [1.807, 2.05) is 35.2 Å². The molecule has 2 heteroatoms. The smallest absolute Gasteiger partial charge is 0.231 e. The number of benzene rings is 3. The SMILES string of the molecule is Cc1ccc2c(c1)[C@@](C)(c1ccccc1)CC(C)(C)N2C(=O)Cc1ccccc1. The molecule has 1 aliphatic rings. The highest BCUT2D eigenvalue weighted by atomic mass is 16.2. The Labute approximate surface area is 174 Å². The average Bonchev–Trinajstić information content (AvgIpc) is 2.69. The molecule has 0 aromatic heterocycles. The van der Waals surface area contributed by atoms with Gasteiger partial charge in [0.25, 0.3) is 0 Å². The maximum atomic E-state index is 13.5. The zero-order chi connectivity index (χ0) is 20.6. The van der Waals surface area contributed by atoms with Crippen LogP contribution >= 0.6 is 0 Å². The van der Waals surface area contributed by atoms with Crippen molar-refractivity contribution in [2.75, 3.05) is 4.90 Å². The first-order chi connectivity index (χ1) is 13.8. The van der Waals surface area contributed by atoms with E-state index < -0.39 is 0 Å². The number of nitrogens with zero attached hydrogens (tertiary/aromatic N) is 1. The third-order valence-corrected chi connectivity index (χ3v) is 6.24. The number of carbonyl (C=O) groups excluding carboxylic acids is 1. The minimum Gasteiger partial charge on any atom is -0.306 e. The van der Waals surface area contributed by atoms with Crippen LogP contribution in [-0.4, -0.2) is 11.4 Å². The lowest BCUT2D eigenvalue weighted by Gasteiger charge is -2.51. The Hall–Kier alpha value is -2.87. The van der Waals surface area contributed by atoms with Crippen LogP contribution in [0.15, 0.2) is 78.9 Å². The highest BCUT2D eigenvalue weighted by Gasteiger charge is 2.47. The summed E-state index contributed by atoms with van der Waals surface area (Å²) in [7, 11) is 0. The van der Waals surface area contributed by atoms with E-state index >= 15 is 0 Å². The van der Waals surface area contributed by atoms with Gasteiger partial charge in [-0.2, -0.15) is 0 Å². The summed E-state index contributed by atoms with van der Waals surface area (Å²) in [4.78, 5) is 15.5. The minimum absolute atomic E-state index is 0.143. The summed E-state index contributed by atoms with van der Waals surface area (Å²) in [6.07, 6.45) is 1.29. The van der Waals surface area contributed by atoms with Crippen molar-refractivity contribution in [3.8, 4) is 0 Å². The number of hydrogen-bond donors (Lipinski definition) is 0. The molecule has 29 heavy (non-hydrogen) atoms. The van der Waals surface area contributed by atoms with Crippen molar-refractivity contribution in [2.45, 2.75) is 51.5 Å². The van der Waals surface area contributed by atoms with Crippen molar-refractivity contribution in [1.82, 2.24) is 0 Å². The van der Waals surface area contributed by atoms with Crippen molar-refractivity contribution < 1.29 is 4.79 Å². The van der Waals surface area contributed by atoms with Gasteiger partial charge in [-0.1, -0.05) is 85.3 Å². The number of carbonyl (C=O) groups is 1. The molecule has 2 nitrogen and oxygen atoms in total. The summed E-state index contributed by atoms with van der Waals surface area (Å²) >= 11 is 0. The molecule has 1 aliphatic heterocycles. The summed E-state index contributed by atoms with van der Waals surface area (Å²) < 4.78 is 0. The fraction of sp³-hybridized carbons (Fsp3) is 0.296. The topological polar surface area (TPSA) is 20.3 Å². The first-order valence-electron chi connectivity index (χ1n) is 10.3. The van der Waals surface area contributed by atoms with Crippen LogP contribution in [0.1, 0.15) is 49.4 Å². The van der Waals surface area contributed by atoms with E-state index in [-0.39, 0.29) is 16.9 Å². The zero-order valence-corrected chi connectivity index (χ0v) is 17.8. The Morgan fingerprint density at radius 2 is 1.52 bits per heavy atom. The number of fused-ring (bicyclic) bond motifs is 1. The van der Waals surface area contributed by atoms with E-state index in [0.717, 1.165) is 17.7 Å². The molecule has 0 spiro atoms. The van der Waals surface area contributed by atoms with Gasteiger partial charge in [0.15, 0.2) is 0 Å². The molecular weight excluding hydrogens is 354 g/mol. The molecule has 4 rings (SSSR count). The highest BCUT2D eigenvalue weighted by molar-refractivity contribution is 5.98. The van der Waals surface area contributed by atoms with Crippen molar-refractivity contribution >= 4 is 11.6 Å². The Morgan fingerprint density at radius 3 is 2.17 bits per heavy atom. The Balaban J connectivity index is 1.83. The third-order valence-electron chi connectivity index (χ3n) is 6.24. The normalized spacial score (nSPS) is 20.2. The van der Waals surface area contributed by atoms with E-state index in [1.165, 1.54) is 16.7 Å². The van der Waals surface area contributed by atoms with Gasteiger partial charge in [-0.05, 0) is 49.9 Å². The van der Waals surface area contributed by atoms with Crippen LogP contribution in [0.5, 0.6) is 0 Å². The van der Waals surface area contributed by atoms with Crippen LogP contribution in [-0.2, 0) is 16.6 Å². The second-order valence-electron chi connectivity index (χ2n) is 9.10. The zero-order valence-electron chi connectivity index (χ0n) is 17.8. The molecule has 0 N–H and O–H groups in total. The van der Waals surface area contributed by atoms with Crippen molar-refractivity contribution in [1.29, 1.82) is 0 Å². The van der Waals surface area contributed by atoms with Crippen LogP contribution in [0.2, 0.25) is 0 Å².